The van der Waals surface area contributed by atoms with Crippen LogP contribution < -0.4 is 10.6 Å². The number of benzene rings is 2. The van der Waals surface area contributed by atoms with Crippen LogP contribution in [0, 0.1) is 5.92 Å². The van der Waals surface area contributed by atoms with Crippen molar-refractivity contribution in [1.82, 2.24) is 4.90 Å². The van der Waals surface area contributed by atoms with Crippen molar-refractivity contribution in [3.63, 3.8) is 0 Å². The first-order valence-corrected chi connectivity index (χ1v) is 9.06. The number of para-hydroxylation sites is 1. The molecule has 0 spiro atoms. The van der Waals surface area contributed by atoms with Crippen molar-refractivity contribution in [1.29, 1.82) is 0 Å². The second-order valence-corrected chi connectivity index (χ2v) is 6.73. The van der Waals surface area contributed by atoms with E-state index in [1.807, 2.05) is 48.2 Å². The molecule has 0 saturated carbocycles. The molecule has 1 saturated heterocycles. The summed E-state index contributed by atoms with van der Waals surface area (Å²) in [5.41, 5.74) is 8.59. The molecule has 0 aromatic heterocycles. The van der Waals surface area contributed by atoms with Gasteiger partial charge < -0.3 is 15.5 Å². The molecule has 2 aromatic carbocycles. The number of halogens is 2. The van der Waals surface area contributed by atoms with Crippen LogP contribution in [-0.4, -0.2) is 37.0 Å². The molecule has 148 valence electrons. The summed E-state index contributed by atoms with van der Waals surface area (Å²) in [4.78, 5) is 17.3. The highest BCUT2D eigenvalue weighted by Gasteiger charge is 2.28. The number of amides is 1. The number of carbonyl (C=O) groups excluding carboxylic acids is 1. The molecule has 1 aliphatic rings. The van der Waals surface area contributed by atoms with E-state index in [1.165, 1.54) is 5.69 Å². The van der Waals surface area contributed by atoms with Gasteiger partial charge in [-0.2, -0.15) is 0 Å². The third-order valence-corrected chi connectivity index (χ3v) is 5.04. The molecule has 4 nitrogen and oxygen atoms in total. The Morgan fingerprint density at radius 1 is 0.889 bits per heavy atom. The lowest BCUT2D eigenvalue weighted by atomic mass is 9.94. The summed E-state index contributed by atoms with van der Waals surface area (Å²) < 4.78 is 0. The van der Waals surface area contributed by atoms with Gasteiger partial charge in [-0.1, -0.05) is 55.5 Å². The number of rotatable bonds is 4. The van der Waals surface area contributed by atoms with Gasteiger partial charge in [0.15, 0.2) is 0 Å². The van der Waals surface area contributed by atoms with Crippen LogP contribution in [0.5, 0.6) is 0 Å². The van der Waals surface area contributed by atoms with E-state index in [1.54, 1.807) is 0 Å². The summed E-state index contributed by atoms with van der Waals surface area (Å²) in [6, 6.07) is 20.0. The summed E-state index contributed by atoms with van der Waals surface area (Å²) in [7, 11) is 0. The average molecular weight is 410 g/mol. The van der Waals surface area contributed by atoms with E-state index in [2.05, 4.69) is 29.2 Å². The van der Waals surface area contributed by atoms with Gasteiger partial charge in [-0.05, 0) is 24.1 Å². The first kappa shape index (κ1) is 23.3. The molecule has 6 heteroatoms. The normalized spacial score (nSPS) is 16.4. The molecule has 2 unspecified atom stereocenters. The Kier molecular flexibility index (Phi) is 9.64. The lowest BCUT2D eigenvalue weighted by Crippen LogP contribution is -2.41. The fourth-order valence-corrected chi connectivity index (χ4v) is 3.44. The topological polar surface area (TPSA) is 49.6 Å². The molecule has 27 heavy (non-hydrogen) atoms. The van der Waals surface area contributed by atoms with E-state index < -0.39 is 0 Å². The van der Waals surface area contributed by atoms with Crippen LogP contribution in [0.3, 0.4) is 0 Å². The van der Waals surface area contributed by atoms with Crippen LogP contribution in [0.15, 0.2) is 60.7 Å². The van der Waals surface area contributed by atoms with E-state index in [0.717, 1.165) is 38.2 Å². The molecule has 3 rings (SSSR count). The number of carbonyl (C=O) groups is 1. The van der Waals surface area contributed by atoms with Crippen LogP contribution in [0.1, 0.15) is 24.9 Å². The van der Waals surface area contributed by atoms with E-state index in [-0.39, 0.29) is 42.7 Å². The van der Waals surface area contributed by atoms with E-state index in [0.29, 0.717) is 0 Å². The van der Waals surface area contributed by atoms with Crippen molar-refractivity contribution in [3.8, 4) is 0 Å². The zero-order valence-electron chi connectivity index (χ0n) is 15.7. The highest BCUT2D eigenvalue weighted by atomic mass is 35.5. The smallest absolute Gasteiger partial charge is 0.227 e. The average Bonchev–Trinajstić information content (AvgIpc) is 2.94. The SMILES string of the molecule is CC(C(=O)N1CCCN(c2ccccc2)CC1)C(N)c1ccccc1.Cl.Cl. The maximum Gasteiger partial charge on any atom is 0.227 e. The Morgan fingerprint density at radius 2 is 1.48 bits per heavy atom. The predicted octanol–water partition coefficient (Wildman–Crippen LogP) is 3.91. The minimum atomic E-state index is -0.262. The molecular weight excluding hydrogens is 381 g/mol. The van der Waals surface area contributed by atoms with E-state index >= 15 is 0 Å². The van der Waals surface area contributed by atoms with Crippen molar-refractivity contribution in [2.24, 2.45) is 11.7 Å². The van der Waals surface area contributed by atoms with Crippen LogP contribution >= 0.6 is 24.8 Å². The monoisotopic (exact) mass is 409 g/mol. The van der Waals surface area contributed by atoms with Gasteiger partial charge in [-0.25, -0.2) is 0 Å². The molecule has 0 bridgehead atoms. The Labute approximate surface area is 174 Å². The molecule has 1 fully saturated rings. The number of anilines is 1. The van der Waals surface area contributed by atoms with Crippen molar-refractivity contribution < 1.29 is 4.79 Å². The minimum absolute atomic E-state index is 0. The molecule has 1 aliphatic heterocycles. The van der Waals surface area contributed by atoms with E-state index in [9.17, 15) is 4.79 Å². The van der Waals surface area contributed by atoms with E-state index in [4.69, 9.17) is 5.73 Å². The fourth-order valence-electron chi connectivity index (χ4n) is 3.44. The highest BCUT2D eigenvalue weighted by Crippen LogP contribution is 2.22. The summed E-state index contributed by atoms with van der Waals surface area (Å²) in [5, 5.41) is 0. The molecule has 1 amide bonds. The van der Waals surface area contributed by atoms with Gasteiger partial charge in [0.05, 0.1) is 5.92 Å². The number of nitrogens with zero attached hydrogens (tertiary/aromatic N) is 2. The third-order valence-electron chi connectivity index (χ3n) is 5.04. The molecule has 0 radical (unpaired) electrons. The molecule has 2 aromatic rings. The second kappa shape index (κ2) is 11.2. The van der Waals surface area contributed by atoms with Crippen molar-refractivity contribution in [3.05, 3.63) is 66.2 Å². The Hall–Kier alpha value is -1.75. The highest BCUT2D eigenvalue weighted by molar-refractivity contribution is 5.85. The third kappa shape index (κ3) is 5.86. The zero-order valence-corrected chi connectivity index (χ0v) is 17.3. The Balaban J connectivity index is 0.00000182. The summed E-state index contributed by atoms with van der Waals surface area (Å²) >= 11 is 0. The van der Waals surface area contributed by atoms with Gasteiger partial charge in [-0.3, -0.25) is 4.79 Å². The first-order valence-electron chi connectivity index (χ1n) is 9.06. The van der Waals surface area contributed by atoms with Gasteiger partial charge in [0, 0.05) is 37.9 Å². The van der Waals surface area contributed by atoms with Crippen molar-refractivity contribution in [2.75, 3.05) is 31.1 Å². The fraction of sp³-hybridized carbons (Fsp3) is 0.381. The maximum absolute atomic E-state index is 12.9. The molecule has 2 atom stereocenters. The van der Waals surface area contributed by atoms with Crippen LogP contribution in [0.4, 0.5) is 5.69 Å². The standard InChI is InChI=1S/C21H27N3O.2ClH/c1-17(20(22)18-9-4-2-5-10-18)21(25)24-14-8-13-23(15-16-24)19-11-6-3-7-12-19;;/h2-7,9-12,17,20H,8,13-16,22H2,1H3;2*1H. The Bertz CT molecular complexity index is 684. The summed E-state index contributed by atoms with van der Waals surface area (Å²) in [6.07, 6.45) is 0.980. The molecule has 0 aliphatic carbocycles. The van der Waals surface area contributed by atoms with Crippen LogP contribution in [0.25, 0.3) is 0 Å². The van der Waals surface area contributed by atoms with Crippen LogP contribution in [-0.2, 0) is 4.79 Å². The van der Waals surface area contributed by atoms with Crippen molar-refractivity contribution >= 4 is 36.4 Å². The molecular formula is C21H29Cl2N3O. The van der Waals surface area contributed by atoms with Crippen LogP contribution in [0.2, 0.25) is 0 Å². The van der Waals surface area contributed by atoms with Crippen molar-refractivity contribution in [2.45, 2.75) is 19.4 Å². The molecule has 1 heterocycles. The predicted molar refractivity (Wildman–Crippen MR) is 117 cm³/mol. The Morgan fingerprint density at radius 3 is 2.11 bits per heavy atom. The number of hydrogen-bond acceptors (Lipinski definition) is 3. The second-order valence-electron chi connectivity index (χ2n) is 6.73. The first-order chi connectivity index (χ1) is 12.2. The lowest BCUT2D eigenvalue weighted by molar-refractivity contribution is -0.135. The quantitative estimate of drug-likeness (QED) is 0.832. The lowest BCUT2D eigenvalue weighted by Gasteiger charge is -2.28. The largest absolute Gasteiger partial charge is 0.370 e. The van der Waals surface area contributed by atoms with Gasteiger partial charge in [-0.15, -0.1) is 24.8 Å². The summed E-state index contributed by atoms with van der Waals surface area (Å²) in [6.45, 7) is 5.34. The van der Waals surface area contributed by atoms with Gasteiger partial charge in [0.1, 0.15) is 0 Å². The number of hydrogen-bond donors (Lipinski definition) is 1. The zero-order chi connectivity index (χ0) is 17.6. The molecule has 2 N–H and O–H groups in total. The number of nitrogens with two attached hydrogens (primary N) is 1. The van der Waals surface area contributed by atoms with Gasteiger partial charge in [0.2, 0.25) is 5.91 Å². The van der Waals surface area contributed by atoms with Gasteiger partial charge in [0.25, 0.3) is 0 Å². The minimum Gasteiger partial charge on any atom is -0.370 e. The van der Waals surface area contributed by atoms with Gasteiger partial charge >= 0.3 is 0 Å². The maximum atomic E-state index is 12.9. The summed E-state index contributed by atoms with van der Waals surface area (Å²) in [5.74, 6) is -0.0584.